The molecule has 1 N–H and O–H groups in total. The summed E-state index contributed by atoms with van der Waals surface area (Å²) in [5.41, 5.74) is 2.64. The number of hydrogen-bond donors (Lipinski definition) is 1. The molecule has 0 spiro atoms. The van der Waals surface area contributed by atoms with Crippen molar-refractivity contribution in [1.82, 2.24) is 0 Å². The number of halogens is 2. The van der Waals surface area contributed by atoms with Crippen LogP contribution in [0.3, 0.4) is 0 Å². The molecule has 0 radical (unpaired) electrons. The average molecular weight is 338 g/mol. The Morgan fingerprint density at radius 3 is 2.59 bits per heavy atom. The standard InChI is InChI=1S/C17H17Cl2NO2/c1-10-5-4-6-16(11(10)2)22-12(3)17(21)20-15-8-7-13(18)9-14(15)19/h4-9,12H,1-3H3,(H,20,21). The predicted octanol–water partition coefficient (Wildman–Crippen LogP) is 5.02. The molecule has 0 aliphatic heterocycles. The second-order valence-corrected chi connectivity index (χ2v) is 5.92. The average Bonchev–Trinajstić information content (AvgIpc) is 2.46. The van der Waals surface area contributed by atoms with Crippen molar-refractivity contribution >= 4 is 34.8 Å². The van der Waals surface area contributed by atoms with E-state index in [1.54, 1.807) is 25.1 Å². The molecular formula is C17H17Cl2NO2. The molecule has 0 heterocycles. The SMILES string of the molecule is Cc1cccc(OC(C)C(=O)Nc2ccc(Cl)cc2Cl)c1C. The lowest BCUT2D eigenvalue weighted by Crippen LogP contribution is -2.30. The highest BCUT2D eigenvalue weighted by Crippen LogP contribution is 2.26. The van der Waals surface area contributed by atoms with Crippen LogP contribution in [0.4, 0.5) is 5.69 Å². The lowest BCUT2D eigenvalue weighted by Gasteiger charge is -2.17. The molecule has 0 aliphatic rings. The van der Waals surface area contributed by atoms with E-state index in [0.717, 1.165) is 11.1 Å². The summed E-state index contributed by atoms with van der Waals surface area (Å²) in [7, 11) is 0. The molecule has 116 valence electrons. The zero-order chi connectivity index (χ0) is 16.3. The van der Waals surface area contributed by atoms with E-state index in [0.29, 0.717) is 21.5 Å². The van der Waals surface area contributed by atoms with Gasteiger partial charge in [-0.05, 0) is 56.2 Å². The van der Waals surface area contributed by atoms with Crippen molar-refractivity contribution in [3.05, 3.63) is 57.6 Å². The summed E-state index contributed by atoms with van der Waals surface area (Å²) in [6.07, 6.45) is -0.646. The molecule has 0 saturated heterocycles. The summed E-state index contributed by atoms with van der Waals surface area (Å²) in [6.45, 7) is 5.66. The molecule has 5 heteroatoms. The van der Waals surface area contributed by atoms with E-state index in [2.05, 4.69) is 5.32 Å². The highest BCUT2D eigenvalue weighted by Gasteiger charge is 2.17. The molecule has 2 aromatic rings. The van der Waals surface area contributed by atoms with Crippen molar-refractivity contribution in [1.29, 1.82) is 0 Å². The number of ether oxygens (including phenoxy) is 1. The van der Waals surface area contributed by atoms with Gasteiger partial charge in [-0.3, -0.25) is 4.79 Å². The number of rotatable bonds is 4. The minimum Gasteiger partial charge on any atom is -0.481 e. The van der Waals surface area contributed by atoms with Gasteiger partial charge in [0.2, 0.25) is 0 Å². The number of amides is 1. The first-order valence-corrected chi connectivity index (χ1v) is 7.63. The minimum absolute atomic E-state index is 0.273. The lowest BCUT2D eigenvalue weighted by atomic mass is 10.1. The maximum absolute atomic E-state index is 12.2. The number of carbonyl (C=O) groups is 1. The zero-order valence-electron chi connectivity index (χ0n) is 12.6. The fourth-order valence-corrected chi connectivity index (χ4v) is 2.38. The van der Waals surface area contributed by atoms with Crippen LogP contribution in [0.25, 0.3) is 0 Å². The quantitative estimate of drug-likeness (QED) is 0.850. The van der Waals surface area contributed by atoms with Crippen molar-refractivity contribution < 1.29 is 9.53 Å². The number of carbonyl (C=O) groups excluding carboxylic acids is 1. The van der Waals surface area contributed by atoms with Crippen LogP contribution in [-0.4, -0.2) is 12.0 Å². The highest BCUT2D eigenvalue weighted by molar-refractivity contribution is 6.36. The van der Waals surface area contributed by atoms with E-state index in [4.69, 9.17) is 27.9 Å². The molecule has 2 aromatic carbocycles. The van der Waals surface area contributed by atoms with Crippen LogP contribution in [0.2, 0.25) is 10.0 Å². The minimum atomic E-state index is -0.646. The number of aryl methyl sites for hydroxylation is 1. The molecular weight excluding hydrogens is 321 g/mol. The fraction of sp³-hybridized carbons (Fsp3) is 0.235. The summed E-state index contributed by atoms with van der Waals surface area (Å²) >= 11 is 11.9. The molecule has 1 atom stereocenters. The van der Waals surface area contributed by atoms with Gasteiger partial charge in [-0.15, -0.1) is 0 Å². The van der Waals surface area contributed by atoms with Crippen LogP contribution < -0.4 is 10.1 Å². The summed E-state index contributed by atoms with van der Waals surface area (Å²) in [6, 6.07) is 10.7. The Hall–Kier alpha value is -1.71. The Morgan fingerprint density at radius 2 is 1.91 bits per heavy atom. The van der Waals surface area contributed by atoms with Crippen molar-refractivity contribution in [3.63, 3.8) is 0 Å². The van der Waals surface area contributed by atoms with Gasteiger partial charge in [0.15, 0.2) is 6.10 Å². The third kappa shape index (κ3) is 3.93. The largest absolute Gasteiger partial charge is 0.481 e. The van der Waals surface area contributed by atoms with E-state index in [-0.39, 0.29) is 5.91 Å². The number of benzene rings is 2. The summed E-state index contributed by atoms with van der Waals surface area (Å²) < 4.78 is 5.74. The van der Waals surface area contributed by atoms with Crippen molar-refractivity contribution in [2.75, 3.05) is 5.32 Å². The van der Waals surface area contributed by atoms with Gasteiger partial charge in [0, 0.05) is 5.02 Å². The summed E-state index contributed by atoms with van der Waals surface area (Å²) in [5, 5.41) is 3.64. The maximum atomic E-state index is 12.2. The Kier molecular flexibility index (Phi) is 5.33. The molecule has 0 aliphatic carbocycles. The van der Waals surface area contributed by atoms with Crippen LogP contribution in [-0.2, 0) is 4.79 Å². The van der Waals surface area contributed by atoms with E-state index < -0.39 is 6.10 Å². The monoisotopic (exact) mass is 337 g/mol. The van der Waals surface area contributed by atoms with E-state index in [1.807, 2.05) is 32.0 Å². The third-order valence-corrected chi connectivity index (χ3v) is 3.96. The smallest absolute Gasteiger partial charge is 0.265 e. The summed E-state index contributed by atoms with van der Waals surface area (Å²) in [5.74, 6) is 0.426. The van der Waals surface area contributed by atoms with Crippen LogP contribution in [0.5, 0.6) is 5.75 Å². The lowest BCUT2D eigenvalue weighted by molar-refractivity contribution is -0.122. The molecule has 22 heavy (non-hydrogen) atoms. The Labute approximate surface area is 140 Å². The first-order valence-electron chi connectivity index (χ1n) is 6.87. The van der Waals surface area contributed by atoms with E-state index in [9.17, 15) is 4.79 Å². The zero-order valence-corrected chi connectivity index (χ0v) is 14.1. The summed E-state index contributed by atoms with van der Waals surface area (Å²) in [4.78, 5) is 12.2. The third-order valence-electron chi connectivity index (χ3n) is 3.42. The first-order chi connectivity index (χ1) is 10.4. The number of nitrogens with one attached hydrogen (secondary N) is 1. The van der Waals surface area contributed by atoms with Crippen LogP contribution in [0.15, 0.2) is 36.4 Å². The molecule has 0 bridgehead atoms. The molecule has 0 saturated carbocycles. The van der Waals surface area contributed by atoms with Gasteiger partial charge in [0.05, 0.1) is 10.7 Å². The molecule has 0 fully saturated rings. The second-order valence-electron chi connectivity index (χ2n) is 5.07. The van der Waals surface area contributed by atoms with Crippen LogP contribution >= 0.6 is 23.2 Å². The maximum Gasteiger partial charge on any atom is 0.265 e. The van der Waals surface area contributed by atoms with Crippen LogP contribution in [0, 0.1) is 13.8 Å². The fourth-order valence-electron chi connectivity index (χ4n) is 1.92. The van der Waals surface area contributed by atoms with Crippen molar-refractivity contribution in [2.24, 2.45) is 0 Å². The second kappa shape index (κ2) is 7.03. The molecule has 2 rings (SSSR count). The van der Waals surface area contributed by atoms with Gasteiger partial charge in [-0.2, -0.15) is 0 Å². The van der Waals surface area contributed by atoms with Gasteiger partial charge in [-0.25, -0.2) is 0 Å². The molecule has 3 nitrogen and oxygen atoms in total. The van der Waals surface area contributed by atoms with Gasteiger partial charge in [-0.1, -0.05) is 35.3 Å². The van der Waals surface area contributed by atoms with Gasteiger partial charge < -0.3 is 10.1 Å². The van der Waals surface area contributed by atoms with E-state index >= 15 is 0 Å². The Morgan fingerprint density at radius 1 is 1.18 bits per heavy atom. The molecule has 1 amide bonds. The number of anilines is 1. The van der Waals surface area contributed by atoms with Gasteiger partial charge >= 0.3 is 0 Å². The Bertz CT molecular complexity index is 701. The van der Waals surface area contributed by atoms with E-state index in [1.165, 1.54) is 0 Å². The predicted molar refractivity (Wildman–Crippen MR) is 91.1 cm³/mol. The number of hydrogen-bond acceptors (Lipinski definition) is 2. The van der Waals surface area contributed by atoms with Crippen LogP contribution in [0.1, 0.15) is 18.1 Å². The van der Waals surface area contributed by atoms with Crippen molar-refractivity contribution in [2.45, 2.75) is 26.9 Å². The highest BCUT2D eigenvalue weighted by atomic mass is 35.5. The van der Waals surface area contributed by atoms with Crippen molar-refractivity contribution in [3.8, 4) is 5.75 Å². The normalized spacial score (nSPS) is 11.9. The Balaban J connectivity index is 2.07. The molecule has 0 aromatic heterocycles. The van der Waals surface area contributed by atoms with Gasteiger partial charge in [0.1, 0.15) is 5.75 Å². The molecule has 1 unspecified atom stereocenters. The topological polar surface area (TPSA) is 38.3 Å². The van der Waals surface area contributed by atoms with Gasteiger partial charge in [0.25, 0.3) is 5.91 Å². The first kappa shape index (κ1) is 16.7.